The van der Waals surface area contributed by atoms with E-state index in [2.05, 4.69) is 15.6 Å². The van der Waals surface area contributed by atoms with Crippen LogP contribution in [0.5, 0.6) is 0 Å². The van der Waals surface area contributed by atoms with Crippen LogP contribution in [0.1, 0.15) is 32.9 Å². The number of amides is 1. The van der Waals surface area contributed by atoms with Gasteiger partial charge in [0.15, 0.2) is 6.17 Å². The average molecular weight is 329 g/mol. The number of ether oxygens (including phenoxy) is 1. The van der Waals surface area contributed by atoms with Crippen molar-refractivity contribution < 1.29 is 13.9 Å². The van der Waals surface area contributed by atoms with E-state index >= 15 is 0 Å². The van der Waals surface area contributed by atoms with E-state index in [1.54, 1.807) is 19.4 Å². The largest absolute Gasteiger partial charge is 0.465 e. The van der Waals surface area contributed by atoms with Crippen LogP contribution < -0.4 is 10.6 Å². The molecule has 1 aliphatic heterocycles. The predicted molar refractivity (Wildman–Crippen MR) is 87.6 cm³/mol. The Labute approximate surface area is 136 Å². The van der Waals surface area contributed by atoms with Crippen LogP contribution in [0.25, 0.3) is 10.2 Å². The summed E-state index contributed by atoms with van der Waals surface area (Å²) in [4.78, 5) is 18.5. The molecular weight excluding hydrogens is 314 g/mol. The van der Waals surface area contributed by atoms with Crippen LogP contribution in [0.4, 0.5) is 5.69 Å². The fourth-order valence-corrected chi connectivity index (χ4v) is 3.99. The fraction of sp³-hybridized carbons (Fsp3) is 0.250. The SMILES string of the molecule is COCc1cc(C)nc2sc3c(c12)N[C@H](c1ccco1)NC3=O. The molecule has 23 heavy (non-hydrogen) atoms. The molecule has 0 spiro atoms. The first kappa shape index (κ1) is 14.2. The van der Waals surface area contributed by atoms with E-state index in [0.717, 1.165) is 27.2 Å². The summed E-state index contributed by atoms with van der Waals surface area (Å²) in [5.41, 5.74) is 2.73. The summed E-state index contributed by atoms with van der Waals surface area (Å²) >= 11 is 1.39. The Bertz CT molecular complexity index is 886. The van der Waals surface area contributed by atoms with Gasteiger partial charge in [0, 0.05) is 18.2 Å². The molecule has 4 rings (SSSR count). The van der Waals surface area contributed by atoms with Crippen LogP contribution in [-0.2, 0) is 11.3 Å². The molecular formula is C16H15N3O3S. The number of methoxy groups -OCH3 is 1. The highest BCUT2D eigenvalue weighted by molar-refractivity contribution is 7.21. The highest BCUT2D eigenvalue weighted by atomic mass is 32.1. The van der Waals surface area contributed by atoms with Gasteiger partial charge in [-0.1, -0.05) is 0 Å². The summed E-state index contributed by atoms with van der Waals surface area (Å²) in [7, 11) is 1.66. The van der Waals surface area contributed by atoms with Crippen molar-refractivity contribution in [1.82, 2.24) is 10.3 Å². The molecule has 1 aliphatic rings. The number of nitrogens with zero attached hydrogens (tertiary/aromatic N) is 1. The van der Waals surface area contributed by atoms with E-state index in [1.165, 1.54) is 11.3 Å². The van der Waals surface area contributed by atoms with Crippen LogP contribution in [0.15, 0.2) is 28.9 Å². The van der Waals surface area contributed by atoms with Gasteiger partial charge in [-0.3, -0.25) is 4.79 Å². The number of carbonyl (C=O) groups is 1. The Kier molecular flexibility index (Phi) is 3.32. The lowest BCUT2D eigenvalue weighted by Crippen LogP contribution is -2.37. The molecule has 0 bridgehead atoms. The van der Waals surface area contributed by atoms with Gasteiger partial charge in [0.05, 0.1) is 18.6 Å². The van der Waals surface area contributed by atoms with Crippen molar-refractivity contribution in [2.45, 2.75) is 19.7 Å². The van der Waals surface area contributed by atoms with Gasteiger partial charge in [0.25, 0.3) is 5.91 Å². The Balaban J connectivity index is 1.89. The maximum absolute atomic E-state index is 12.5. The first-order chi connectivity index (χ1) is 11.2. The second kappa shape index (κ2) is 5.36. The van der Waals surface area contributed by atoms with E-state index in [9.17, 15) is 4.79 Å². The quantitative estimate of drug-likeness (QED) is 0.772. The smallest absolute Gasteiger partial charge is 0.265 e. The number of hydrogen-bond donors (Lipinski definition) is 2. The molecule has 0 fully saturated rings. The highest BCUT2D eigenvalue weighted by Gasteiger charge is 2.31. The van der Waals surface area contributed by atoms with Gasteiger partial charge in [-0.05, 0) is 30.7 Å². The zero-order valence-electron chi connectivity index (χ0n) is 12.7. The molecule has 6 nitrogen and oxygen atoms in total. The van der Waals surface area contributed by atoms with Crippen molar-refractivity contribution in [3.63, 3.8) is 0 Å². The number of anilines is 1. The van der Waals surface area contributed by atoms with Crippen LogP contribution in [0.3, 0.4) is 0 Å². The van der Waals surface area contributed by atoms with Crippen molar-refractivity contribution in [1.29, 1.82) is 0 Å². The number of aryl methyl sites for hydroxylation is 1. The third-order valence-corrected chi connectivity index (χ3v) is 4.85. The molecule has 0 aromatic carbocycles. The second-order valence-corrected chi connectivity index (χ2v) is 6.41. The monoisotopic (exact) mass is 329 g/mol. The standard InChI is InChI=1S/C16H15N3O3S/c1-8-6-9(7-21-2)11-12-13(23-16(11)17-8)15(20)19-14(18-12)10-4-3-5-22-10/h3-6,14,18H,7H2,1-2H3,(H,19,20)/t14-/m0/s1. The summed E-state index contributed by atoms with van der Waals surface area (Å²) < 4.78 is 10.7. The minimum Gasteiger partial charge on any atom is -0.465 e. The molecule has 4 heterocycles. The topological polar surface area (TPSA) is 76.4 Å². The van der Waals surface area contributed by atoms with E-state index in [-0.39, 0.29) is 12.1 Å². The lowest BCUT2D eigenvalue weighted by molar-refractivity contribution is 0.0935. The Morgan fingerprint density at radius 3 is 3.04 bits per heavy atom. The number of rotatable bonds is 3. The number of fused-ring (bicyclic) bond motifs is 3. The molecule has 3 aromatic rings. The maximum atomic E-state index is 12.5. The molecule has 3 aromatic heterocycles. The van der Waals surface area contributed by atoms with Gasteiger partial charge in [0.1, 0.15) is 15.5 Å². The number of aromatic nitrogens is 1. The number of pyridine rings is 1. The van der Waals surface area contributed by atoms with Gasteiger partial charge >= 0.3 is 0 Å². The Hall–Kier alpha value is -2.38. The van der Waals surface area contributed by atoms with Gasteiger partial charge < -0.3 is 19.8 Å². The highest BCUT2D eigenvalue weighted by Crippen LogP contribution is 2.41. The lowest BCUT2D eigenvalue weighted by Gasteiger charge is -2.24. The molecule has 0 unspecified atom stereocenters. The number of hydrogen-bond acceptors (Lipinski definition) is 6. The summed E-state index contributed by atoms with van der Waals surface area (Å²) in [6.07, 6.45) is 1.20. The maximum Gasteiger partial charge on any atom is 0.265 e. The van der Waals surface area contributed by atoms with Crippen LogP contribution in [-0.4, -0.2) is 18.0 Å². The van der Waals surface area contributed by atoms with E-state index in [4.69, 9.17) is 9.15 Å². The summed E-state index contributed by atoms with van der Waals surface area (Å²) in [6.45, 7) is 2.41. The molecule has 0 radical (unpaired) electrons. The molecule has 2 N–H and O–H groups in total. The summed E-state index contributed by atoms with van der Waals surface area (Å²) in [6, 6.07) is 5.62. The third-order valence-electron chi connectivity index (χ3n) is 3.77. The number of nitrogens with one attached hydrogen (secondary N) is 2. The molecule has 1 atom stereocenters. The second-order valence-electron chi connectivity index (χ2n) is 5.41. The van der Waals surface area contributed by atoms with E-state index in [0.29, 0.717) is 17.2 Å². The van der Waals surface area contributed by atoms with Crippen LogP contribution in [0, 0.1) is 6.92 Å². The molecule has 7 heteroatoms. The minimum atomic E-state index is -0.389. The molecule has 0 aliphatic carbocycles. The number of thiophene rings is 1. The van der Waals surface area contributed by atoms with Crippen LogP contribution >= 0.6 is 11.3 Å². The zero-order chi connectivity index (χ0) is 16.0. The van der Waals surface area contributed by atoms with Crippen LogP contribution in [0.2, 0.25) is 0 Å². The minimum absolute atomic E-state index is 0.121. The lowest BCUT2D eigenvalue weighted by atomic mass is 10.1. The van der Waals surface area contributed by atoms with Crippen molar-refractivity contribution in [3.8, 4) is 0 Å². The summed E-state index contributed by atoms with van der Waals surface area (Å²) in [5.74, 6) is 0.542. The Morgan fingerprint density at radius 2 is 2.30 bits per heavy atom. The van der Waals surface area contributed by atoms with Gasteiger partial charge in [-0.15, -0.1) is 11.3 Å². The predicted octanol–water partition coefficient (Wildman–Crippen LogP) is 3.20. The number of carbonyl (C=O) groups excluding carboxylic acids is 1. The molecule has 0 saturated carbocycles. The first-order valence-corrected chi connectivity index (χ1v) is 8.02. The molecule has 1 amide bonds. The summed E-state index contributed by atoms with van der Waals surface area (Å²) in [5, 5.41) is 7.22. The Morgan fingerprint density at radius 1 is 1.43 bits per heavy atom. The first-order valence-electron chi connectivity index (χ1n) is 7.20. The molecule has 0 saturated heterocycles. The molecule has 118 valence electrons. The van der Waals surface area contributed by atoms with Crippen molar-refractivity contribution in [2.75, 3.05) is 12.4 Å². The van der Waals surface area contributed by atoms with Crippen molar-refractivity contribution >= 4 is 33.1 Å². The fourth-order valence-electron chi connectivity index (χ4n) is 2.85. The average Bonchev–Trinajstić information content (AvgIpc) is 3.14. The van der Waals surface area contributed by atoms with Gasteiger partial charge in [0.2, 0.25) is 0 Å². The van der Waals surface area contributed by atoms with Gasteiger partial charge in [-0.2, -0.15) is 0 Å². The third kappa shape index (κ3) is 2.29. The van der Waals surface area contributed by atoms with E-state index in [1.807, 2.05) is 19.1 Å². The zero-order valence-corrected chi connectivity index (χ0v) is 13.5. The number of furan rings is 1. The normalized spacial score (nSPS) is 17.0. The van der Waals surface area contributed by atoms with E-state index < -0.39 is 0 Å². The van der Waals surface area contributed by atoms with Gasteiger partial charge in [-0.25, -0.2) is 4.98 Å². The van der Waals surface area contributed by atoms with Crippen molar-refractivity contribution in [3.05, 3.63) is 46.4 Å². The van der Waals surface area contributed by atoms with Crippen molar-refractivity contribution in [2.24, 2.45) is 0 Å².